The molecule has 2 heterocycles. The molecule has 2 aliphatic rings. The van der Waals surface area contributed by atoms with E-state index in [0.29, 0.717) is 0 Å². The minimum atomic E-state index is -0.291. The van der Waals surface area contributed by atoms with Gasteiger partial charge >= 0.3 is 0 Å². The van der Waals surface area contributed by atoms with Crippen LogP contribution in [0.3, 0.4) is 0 Å². The second-order valence-corrected chi connectivity index (χ2v) is 35.1. The molecule has 109 heavy (non-hydrogen) atoms. The van der Waals surface area contributed by atoms with Gasteiger partial charge in [-0.3, -0.25) is 0 Å². The van der Waals surface area contributed by atoms with Crippen molar-refractivity contribution in [2.45, 2.75) is 131 Å². The molecule has 0 saturated carbocycles. The third-order valence-electron chi connectivity index (χ3n) is 22.4. The summed E-state index contributed by atoms with van der Waals surface area (Å²) in [6, 6.07) is 125. The lowest BCUT2D eigenvalue weighted by Crippen LogP contribution is -2.61. The van der Waals surface area contributed by atoms with E-state index in [1.165, 1.54) is 44.2 Å². The highest BCUT2D eigenvalue weighted by Crippen LogP contribution is 2.57. The van der Waals surface area contributed by atoms with Gasteiger partial charge in [0.1, 0.15) is 0 Å². The minimum absolute atomic E-state index is 0.0365. The minimum Gasteiger partial charge on any atom is -0.310 e. The third-order valence-corrected chi connectivity index (χ3v) is 22.4. The number of rotatable bonds is 13. The van der Waals surface area contributed by atoms with Gasteiger partial charge in [-0.2, -0.15) is 0 Å². The van der Waals surface area contributed by atoms with E-state index in [9.17, 15) is 0 Å². The molecule has 0 N–H and O–H groups in total. The third kappa shape index (κ3) is 13.7. The number of hydrogen-bond acceptors (Lipinski definition) is 4. The SMILES string of the molecule is CC(C)(C)c1ccc(N(c2ccccc2)c2ccc3c(c2)N(c2c(-c4ccccc4)cc(C(C)(C)C)cc2-c2ccccc2)c2cc(-c4ccccc4)cc4c2B3c2ccc(N(c3ccc(C(C)(C)C)cc3)c3ccc(C(C)(C)C)cc3)cc2N4c2c(-c3ccccc3)cc(C(C)(C)C)cc2-c2ccccc2)cc1. The van der Waals surface area contributed by atoms with Crippen molar-refractivity contribution in [3.05, 3.63) is 355 Å². The number of para-hydroxylation sites is 1. The van der Waals surface area contributed by atoms with Crippen molar-refractivity contribution in [3.8, 4) is 55.6 Å². The van der Waals surface area contributed by atoms with Crippen molar-refractivity contribution in [3.63, 3.8) is 0 Å². The first-order chi connectivity index (χ1) is 52.2. The Morgan fingerprint density at radius 1 is 0.211 bits per heavy atom. The molecule has 0 aromatic heterocycles. The van der Waals surface area contributed by atoms with E-state index in [1.807, 2.05) is 0 Å². The molecule has 5 heteroatoms. The van der Waals surface area contributed by atoms with E-state index < -0.39 is 0 Å². The van der Waals surface area contributed by atoms with Crippen LogP contribution in [0.4, 0.5) is 68.2 Å². The Morgan fingerprint density at radius 2 is 0.459 bits per heavy atom. The average molecular weight is 1420 g/mol. The molecule has 0 radical (unpaired) electrons. The van der Waals surface area contributed by atoms with E-state index in [1.54, 1.807) is 0 Å². The molecule has 14 aromatic rings. The van der Waals surface area contributed by atoms with E-state index in [4.69, 9.17) is 0 Å². The molecule has 16 rings (SSSR count). The lowest BCUT2D eigenvalue weighted by atomic mass is 9.33. The summed E-state index contributed by atoms with van der Waals surface area (Å²) in [5, 5.41) is 0. The van der Waals surface area contributed by atoms with Gasteiger partial charge in [0, 0.05) is 79.1 Å². The summed E-state index contributed by atoms with van der Waals surface area (Å²) >= 11 is 0. The van der Waals surface area contributed by atoms with Crippen LogP contribution in [0, 0.1) is 0 Å². The highest BCUT2D eigenvalue weighted by Gasteiger charge is 2.47. The zero-order chi connectivity index (χ0) is 75.9. The lowest BCUT2D eigenvalue weighted by Gasteiger charge is -2.46. The van der Waals surface area contributed by atoms with Gasteiger partial charge in [0.2, 0.25) is 0 Å². The van der Waals surface area contributed by atoms with Gasteiger partial charge in [-0.05, 0) is 214 Å². The molecule has 4 nitrogen and oxygen atoms in total. The maximum atomic E-state index is 2.72. The zero-order valence-electron chi connectivity index (χ0n) is 66.0. The topological polar surface area (TPSA) is 13.0 Å². The molecular weight excluding hydrogens is 1320 g/mol. The van der Waals surface area contributed by atoms with Gasteiger partial charge in [-0.15, -0.1) is 0 Å². The molecule has 0 bridgehead atoms. The van der Waals surface area contributed by atoms with Gasteiger partial charge in [-0.1, -0.05) is 322 Å². The van der Waals surface area contributed by atoms with E-state index in [0.717, 1.165) is 124 Å². The van der Waals surface area contributed by atoms with Gasteiger partial charge in [0.15, 0.2) is 0 Å². The number of anilines is 12. The summed E-state index contributed by atoms with van der Waals surface area (Å²) in [7, 11) is 0. The average Bonchev–Trinajstić information content (AvgIpc) is 0.685. The van der Waals surface area contributed by atoms with Crippen LogP contribution in [-0.2, 0) is 27.1 Å². The first-order valence-electron chi connectivity index (χ1n) is 38.9. The molecule has 0 unspecified atom stereocenters. The zero-order valence-corrected chi connectivity index (χ0v) is 66.0. The van der Waals surface area contributed by atoms with E-state index >= 15 is 0 Å². The van der Waals surface area contributed by atoms with Crippen LogP contribution in [-0.4, -0.2) is 6.71 Å². The quantitative estimate of drug-likeness (QED) is 0.107. The molecule has 0 atom stereocenters. The van der Waals surface area contributed by atoms with Gasteiger partial charge in [-0.25, -0.2) is 0 Å². The maximum Gasteiger partial charge on any atom is 0.252 e. The molecule has 0 amide bonds. The summed E-state index contributed by atoms with van der Waals surface area (Å²) in [5.74, 6) is 0. The summed E-state index contributed by atoms with van der Waals surface area (Å²) in [4.78, 5) is 10.4. The summed E-state index contributed by atoms with van der Waals surface area (Å²) < 4.78 is 0. The molecule has 0 aliphatic carbocycles. The fraction of sp³-hybridized carbons (Fsp3) is 0.192. The van der Waals surface area contributed by atoms with Crippen molar-refractivity contribution < 1.29 is 0 Å². The Bertz CT molecular complexity index is 5460. The molecule has 0 fully saturated rings. The fourth-order valence-corrected chi connectivity index (χ4v) is 16.3. The second kappa shape index (κ2) is 27.8. The van der Waals surface area contributed by atoms with Crippen molar-refractivity contribution in [1.82, 2.24) is 0 Å². The first-order valence-corrected chi connectivity index (χ1v) is 38.9. The van der Waals surface area contributed by atoms with Gasteiger partial charge in [0.05, 0.1) is 11.4 Å². The Morgan fingerprint density at radius 3 is 0.734 bits per heavy atom. The number of hydrogen-bond donors (Lipinski definition) is 0. The van der Waals surface area contributed by atoms with Crippen molar-refractivity contribution in [2.24, 2.45) is 0 Å². The van der Waals surface area contributed by atoms with Crippen LogP contribution in [0.15, 0.2) is 328 Å². The van der Waals surface area contributed by atoms with Crippen LogP contribution < -0.4 is 36.0 Å². The summed E-state index contributed by atoms with van der Waals surface area (Å²) in [5.41, 5.74) is 33.9. The molecule has 538 valence electrons. The predicted octanol–water partition coefficient (Wildman–Crippen LogP) is 27.5. The van der Waals surface area contributed by atoms with Crippen LogP contribution in [0.2, 0.25) is 0 Å². The highest BCUT2D eigenvalue weighted by atomic mass is 15.2. The van der Waals surface area contributed by atoms with E-state index in [2.05, 4.69) is 451 Å². The highest BCUT2D eigenvalue weighted by molar-refractivity contribution is 7.00. The van der Waals surface area contributed by atoms with Gasteiger partial charge < -0.3 is 19.6 Å². The van der Waals surface area contributed by atoms with Gasteiger partial charge in [0.25, 0.3) is 6.71 Å². The normalized spacial score (nSPS) is 12.9. The molecule has 0 saturated heterocycles. The van der Waals surface area contributed by atoms with Crippen LogP contribution >= 0.6 is 0 Å². The smallest absolute Gasteiger partial charge is 0.252 e. The van der Waals surface area contributed by atoms with Crippen molar-refractivity contribution >= 4 is 91.3 Å². The first kappa shape index (κ1) is 71.6. The van der Waals surface area contributed by atoms with Crippen LogP contribution in [0.5, 0.6) is 0 Å². The Hall–Kier alpha value is -11.7. The summed E-state index contributed by atoms with van der Waals surface area (Å²) in [6.45, 7) is 34.6. The molecule has 14 aromatic carbocycles. The monoisotopic (exact) mass is 1410 g/mol. The largest absolute Gasteiger partial charge is 0.310 e. The number of fused-ring (bicyclic) bond motifs is 4. The van der Waals surface area contributed by atoms with Crippen LogP contribution in [0.25, 0.3) is 55.6 Å². The Labute approximate surface area is 648 Å². The predicted molar refractivity (Wildman–Crippen MR) is 471 cm³/mol. The standard InChI is InChI=1S/C104H99BN4/c1-100(2,3)76-46-52-82(53-47-76)106(81-44-32-21-33-45-81)85-58-60-91-93(68-85)108(98-87(71-36-24-17-25-37-71)64-79(103(10,11)12)65-88(98)72-38-26-18-27-39-72)95-62-75(70-34-22-16-23-35-70)63-96-97(95)105(91)92-61-59-86(107(83-54-48-77(49-55-83)101(4,5)6)84-56-50-78(51-57-84)102(7,8)9)69-94(92)109(96)99-89(73-40-28-19-29-41-73)66-80(104(13,14)15)67-90(99)74-42-30-20-31-43-74/h16-69H,1-15H3. The van der Waals surface area contributed by atoms with E-state index in [-0.39, 0.29) is 33.8 Å². The molecule has 2 aliphatic heterocycles. The van der Waals surface area contributed by atoms with Crippen molar-refractivity contribution in [2.75, 3.05) is 19.6 Å². The summed E-state index contributed by atoms with van der Waals surface area (Å²) in [6.07, 6.45) is 0. The second-order valence-electron chi connectivity index (χ2n) is 35.1. The maximum absolute atomic E-state index is 2.72. The van der Waals surface area contributed by atoms with Crippen LogP contribution in [0.1, 0.15) is 132 Å². The number of benzene rings is 14. The van der Waals surface area contributed by atoms with Crippen molar-refractivity contribution in [1.29, 1.82) is 0 Å². The number of nitrogens with zero attached hydrogens (tertiary/aromatic N) is 4. The Balaban J connectivity index is 1.10. The lowest BCUT2D eigenvalue weighted by molar-refractivity contribution is 0.590. The molecule has 0 spiro atoms. The molecular formula is C104H99BN4. The Kier molecular flexibility index (Phi) is 18.3. The fourth-order valence-electron chi connectivity index (χ4n) is 16.3.